The van der Waals surface area contributed by atoms with Crippen molar-refractivity contribution in [2.24, 2.45) is 0 Å². The zero-order chi connectivity index (χ0) is 53.9. The molecule has 6 aromatic rings. The van der Waals surface area contributed by atoms with Crippen molar-refractivity contribution in [3.63, 3.8) is 0 Å². The number of hydrogen-bond acceptors (Lipinski definition) is 10. The molecular weight excluding hydrogens is 1330 g/mol. The SMILES string of the molecule is BrB(Br)Br.CC(=O)COc1c(Br)cc(C(=O)N2CCC2)cc1S(=O)(=O)Cc1cc(-c2ccccc2)ccc1F.O=C(O)COc1c(Br)cc(C(=O)N2CCC2)cc1S(=O)(=O)Cc1cc(-c2ccccc2)ccc1F. The molecule has 2 aliphatic rings. The molecule has 2 heterocycles. The number of halogens is 7. The van der Waals surface area contributed by atoms with Crippen LogP contribution in [0.3, 0.4) is 0 Å². The number of carbonyl (C=O) groups excluding carboxylic acids is 3. The van der Waals surface area contributed by atoms with Crippen molar-refractivity contribution in [2.75, 3.05) is 39.4 Å². The average Bonchev–Trinajstić information content (AvgIpc) is 3.31. The number of carbonyl (C=O) groups is 4. The number of rotatable bonds is 16. The monoisotopic (exact) mass is 1370 g/mol. The van der Waals surface area contributed by atoms with Crippen LogP contribution in [0, 0.1) is 11.6 Å². The minimum Gasteiger partial charge on any atom is -0.483 e. The zero-order valence-corrected chi connectivity index (χ0v) is 48.6. The van der Waals surface area contributed by atoms with Gasteiger partial charge in [0.2, 0.25) is 0 Å². The lowest BCUT2D eigenvalue weighted by molar-refractivity contribution is -0.139. The third kappa shape index (κ3) is 15.7. The van der Waals surface area contributed by atoms with Crippen LogP contribution in [0.25, 0.3) is 22.3 Å². The maximum Gasteiger partial charge on any atom is 0.369 e. The van der Waals surface area contributed by atoms with Crippen LogP contribution in [0.1, 0.15) is 51.6 Å². The van der Waals surface area contributed by atoms with Crippen LogP contribution >= 0.6 is 79.1 Å². The molecule has 0 unspecified atom stereocenters. The lowest BCUT2D eigenvalue weighted by atomic mass is 10.0. The van der Waals surface area contributed by atoms with E-state index in [-0.39, 0.29) is 79.9 Å². The van der Waals surface area contributed by atoms with Crippen molar-refractivity contribution in [2.45, 2.75) is 41.1 Å². The van der Waals surface area contributed by atoms with Gasteiger partial charge < -0.3 is 24.4 Å². The fourth-order valence-electron chi connectivity index (χ4n) is 7.39. The fraction of sp³-hybridized carbons (Fsp3) is 0.216. The highest BCUT2D eigenvalue weighted by atomic mass is 79.9. The largest absolute Gasteiger partial charge is 0.483 e. The van der Waals surface area contributed by atoms with Gasteiger partial charge in [-0.05, 0) is 122 Å². The van der Waals surface area contributed by atoms with Crippen LogP contribution in [0.4, 0.5) is 8.78 Å². The third-order valence-electron chi connectivity index (χ3n) is 11.2. The number of carboxylic acids is 1. The average molecular weight is 1370 g/mol. The van der Waals surface area contributed by atoms with Crippen LogP contribution in [0.15, 0.2) is 140 Å². The Kier molecular flexibility index (Phi) is 20.8. The Morgan fingerprint density at radius 3 is 1.26 bits per heavy atom. The first-order chi connectivity index (χ1) is 35.0. The van der Waals surface area contributed by atoms with Gasteiger partial charge in [0.05, 0.1) is 20.5 Å². The summed E-state index contributed by atoms with van der Waals surface area (Å²) in [6.07, 6.45) is 1.74. The molecule has 6 aromatic carbocycles. The van der Waals surface area contributed by atoms with Crippen molar-refractivity contribution in [3.05, 3.63) is 164 Å². The molecule has 2 fully saturated rings. The normalized spacial score (nSPS) is 12.9. The molecule has 2 saturated heterocycles. The molecule has 0 radical (unpaired) electrons. The Hall–Kier alpha value is -4.78. The Morgan fingerprint density at radius 1 is 0.568 bits per heavy atom. The van der Waals surface area contributed by atoms with E-state index in [0.29, 0.717) is 37.3 Å². The maximum absolute atomic E-state index is 14.7. The molecule has 1 N–H and O–H groups in total. The van der Waals surface area contributed by atoms with E-state index in [1.807, 2.05) is 60.7 Å². The summed E-state index contributed by atoms with van der Waals surface area (Å²) < 4.78 is 95.0. The number of amides is 2. The van der Waals surface area contributed by atoms with Gasteiger partial charge in [-0.2, -0.15) is 0 Å². The van der Waals surface area contributed by atoms with E-state index < -0.39 is 55.4 Å². The molecule has 23 heteroatoms. The summed E-state index contributed by atoms with van der Waals surface area (Å²) in [5.41, 5.74) is 3.13. The number of aliphatic carboxylic acids is 1. The molecule has 0 aromatic heterocycles. The quantitative estimate of drug-likeness (QED) is 0.0911. The molecule has 388 valence electrons. The molecule has 2 aliphatic heterocycles. The van der Waals surface area contributed by atoms with E-state index in [1.54, 1.807) is 21.9 Å². The van der Waals surface area contributed by atoms with Gasteiger partial charge in [0.15, 0.2) is 43.6 Å². The van der Waals surface area contributed by atoms with E-state index in [2.05, 4.69) is 79.1 Å². The second-order valence-corrected chi connectivity index (χ2v) is 28.7. The van der Waals surface area contributed by atoms with Gasteiger partial charge in [-0.25, -0.2) is 30.4 Å². The van der Waals surface area contributed by atoms with Gasteiger partial charge in [-0.15, -0.1) is 47.3 Å². The highest BCUT2D eigenvalue weighted by Gasteiger charge is 2.31. The minimum atomic E-state index is -4.26. The topological polar surface area (TPSA) is 182 Å². The molecule has 0 aliphatic carbocycles. The summed E-state index contributed by atoms with van der Waals surface area (Å²) in [7, 11) is -8.45. The first kappa shape index (κ1) is 58.5. The van der Waals surface area contributed by atoms with Crippen molar-refractivity contribution >= 4 is 126 Å². The lowest BCUT2D eigenvalue weighted by Gasteiger charge is -2.31. The number of Topliss-reactive ketones (excluding diaryl/α,β-unsaturated/α-hetero) is 1. The standard InChI is InChI=1S/C26H23BrFNO5S.C25H21BrFNO6S.BBr3/c1-17(30)15-34-25-22(27)13-20(26(31)29-10-5-11-29)14-24(25)35(32,33)16-21-12-19(8-9-23(21)28)18-6-3-2-4-7-18;26-20-12-18(25(31)28-9-4-10-28)13-22(24(20)34-14-23(29)30)35(32,33)15-19-11-17(7-8-21(19)27)16-5-2-1-3-6-16;2-1(3)4/h2-4,6-9,12-14H,5,10-11,15-16H2,1H3;1-3,5-8,11-13H,4,9-10,14-15H2,(H,29,30);. The van der Waals surface area contributed by atoms with Gasteiger partial charge in [-0.3, -0.25) is 14.4 Å². The molecule has 74 heavy (non-hydrogen) atoms. The molecule has 8 rings (SSSR count). The van der Waals surface area contributed by atoms with Gasteiger partial charge in [0, 0.05) is 48.4 Å². The first-order valence-corrected chi connectivity index (χ1v) is 30.0. The molecule has 0 spiro atoms. The van der Waals surface area contributed by atoms with E-state index in [4.69, 9.17) is 14.6 Å². The number of benzene rings is 6. The highest BCUT2D eigenvalue weighted by molar-refractivity contribution is 9.69. The number of hydrogen-bond donors (Lipinski definition) is 1. The second-order valence-electron chi connectivity index (χ2n) is 16.6. The van der Waals surface area contributed by atoms with Crippen LogP contribution < -0.4 is 9.47 Å². The fourth-order valence-corrected chi connectivity index (χ4v) is 11.9. The van der Waals surface area contributed by atoms with Crippen molar-refractivity contribution in [3.8, 4) is 33.8 Å². The molecule has 2 amide bonds. The molecule has 13 nitrogen and oxygen atoms in total. The summed E-state index contributed by atoms with van der Waals surface area (Å²) in [6, 6.07) is 32.2. The summed E-state index contributed by atoms with van der Waals surface area (Å²) in [6.45, 7) is 2.49. The van der Waals surface area contributed by atoms with Crippen LogP contribution in [-0.2, 0) is 40.8 Å². The Labute approximate surface area is 469 Å². The minimum absolute atomic E-state index is 0.0144. The summed E-state index contributed by atoms with van der Waals surface area (Å²) in [5, 5.41) is 9.02. The molecule has 0 saturated carbocycles. The summed E-state index contributed by atoms with van der Waals surface area (Å²) in [4.78, 5) is 50.7. The summed E-state index contributed by atoms with van der Waals surface area (Å²) >= 11 is 15.8. The van der Waals surface area contributed by atoms with Crippen LogP contribution in [-0.4, -0.2) is 97.9 Å². The van der Waals surface area contributed by atoms with Gasteiger partial charge in [0.25, 0.3) is 11.8 Å². The van der Waals surface area contributed by atoms with E-state index in [1.165, 1.54) is 49.4 Å². The second kappa shape index (κ2) is 26.3. The Morgan fingerprint density at radius 2 is 0.932 bits per heavy atom. The smallest absolute Gasteiger partial charge is 0.369 e. The number of sulfone groups is 2. The highest BCUT2D eigenvalue weighted by Crippen LogP contribution is 2.39. The predicted octanol–water partition coefficient (Wildman–Crippen LogP) is 11.7. The molecular formula is C51H44BBr5F2N2O11S2. The number of ketones is 1. The van der Waals surface area contributed by atoms with E-state index in [0.717, 1.165) is 30.0 Å². The maximum atomic E-state index is 14.7. The summed E-state index contributed by atoms with van der Waals surface area (Å²) in [5.74, 6) is -5.31. The molecule has 0 atom stereocenters. The van der Waals surface area contributed by atoms with Gasteiger partial charge >= 0.3 is 9.15 Å². The van der Waals surface area contributed by atoms with Crippen LogP contribution in [0.2, 0.25) is 0 Å². The number of ether oxygens (including phenoxy) is 2. The zero-order valence-electron chi connectivity index (χ0n) is 39.1. The molecule has 0 bridgehead atoms. The van der Waals surface area contributed by atoms with E-state index in [9.17, 15) is 44.8 Å². The Bertz CT molecular complexity index is 3060. The van der Waals surface area contributed by atoms with Gasteiger partial charge in [0.1, 0.15) is 28.0 Å². The third-order valence-corrected chi connectivity index (χ3v) is 15.7. The van der Waals surface area contributed by atoms with E-state index >= 15 is 0 Å². The van der Waals surface area contributed by atoms with Gasteiger partial charge in [-0.1, -0.05) is 72.8 Å². The number of nitrogens with zero attached hydrogens (tertiary/aromatic N) is 2. The van der Waals surface area contributed by atoms with Crippen molar-refractivity contribution in [1.29, 1.82) is 0 Å². The predicted molar refractivity (Wildman–Crippen MR) is 297 cm³/mol. The Balaban J connectivity index is 0.000000225. The van der Waals surface area contributed by atoms with Crippen molar-refractivity contribution in [1.82, 2.24) is 9.80 Å². The number of likely N-dealkylation sites (tertiary alicyclic amines) is 2. The van der Waals surface area contributed by atoms with Crippen molar-refractivity contribution < 1.29 is 59.4 Å². The lowest BCUT2D eigenvalue weighted by Crippen LogP contribution is -2.42. The first-order valence-electron chi connectivity index (χ1n) is 22.3. The number of carboxylic acid groups (broad SMARTS) is 1. The van der Waals surface area contributed by atoms with Crippen LogP contribution in [0.5, 0.6) is 11.5 Å².